The topological polar surface area (TPSA) is 81.9 Å². The third-order valence-electron chi connectivity index (χ3n) is 2.62. The van der Waals surface area contributed by atoms with Gasteiger partial charge in [-0.15, -0.1) is 11.3 Å². The number of hydrogen-bond donors (Lipinski definition) is 0. The maximum absolute atomic E-state index is 11.4. The Balaban J connectivity index is 2.23. The highest BCUT2D eigenvalue weighted by Gasteiger charge is 2.14. The molecule has 0 spiro atoms. The highest BCUT2D eigenvalue weighted by molar-refractivity contribution is 7.91. The lowest BCUT2D eigenvalue weighted by Gasteiger charge is -2.01. The third-order valence-corrected chi connectivity index (χ3v) is 5.09. The van der Waals surface area contributed by atoms with Crippen molar-refractivity contribution in [1.29, 1.82) is 0 Å². The van der Waals surface area contributed by atoms with Crippen LogP contribution in [-0.4, -0.2) is 41.0 Å². The van der Waals surface area contributed by atoms with Gasteiger partial charge in [-0.05, 0) is 0 Å². The number of carbonyl (C=O) groups is 1. The molecule has 0 radical (unpaired) electrons. The predicted molar refractivity (Wildman–Crippen MR) is 73.1 cm³/mol. The van der Waals surface area contributed by atoms with E-state index in [1.165, 1.54) is 16.0 Å². The summed E-state index contributed by atoms with van der Waals surface area (Å²) >= 11 is 1.38. The summed E-state index contributed by atoms with van der Waals surface area (Å²) in [5.74, 6) is 0.120. The Labute approximate surface area is 115 Å². The van der Waals surface area contributed by atoms with E-state index in [2.05, 4.69) is 10.1 Å². The van der Waals surface area contributed by atoms with Gasteiger partial charge in [-0.1, -0.05) is 6.92 Å². The Morgan fingerprint density at radius 2 is 2.26 bits per heavy atom. The fraction of sp³-hybridized carbons (Fsp3) is 0.364. The molecule has 19 heavy (non-hydrogen) atoms. The van der Waals surface area contributed by atoms with Crippen molar-refractivity contribution in [1.82, 2.24) is 14.8 Å². The lowest BCUT2D eigenvalue weighted by molar-refractivity contribution is 0.112. The lowest BCUT2D eigenvalue weighted by Crippen LogP contribution is -2.14. The molecule has 0 aliphatic rings. The van der Waals surface area contributed by atoms with E-state index in [9.17, 15) is 13.2 Å². The van der Waals surface area contributed by atoms with Gasteiger partial charge in [-0.2, -0.15) is 5.10 Å². The number of thiazole rings is 1. The molecular weight excluding hydrogens is 286 g/mol. The van der Waals surface area contributed by atoms with Gasteiger partial charge in [0.05, 0.1) is 17.9 Å². The Morgan fingerprint density at radius 1 is 1.47 bits per heavy atom. The molecule has 0 saturated heterocycles. The minimum Gasteiger partial charge on any atom is -0.298 e. The molecule has 0 N–H and O–H groups in total. The Bertz CT molecular complexity index is 659. The number of carbonyl (C=O) groups excluding carboxylic acids is 1. The average Bonchev–Trinajstić information content (AvgIpc) is 3.05. The smallest absolute Gasteiger partial charge is 0.153 e. The zero-order valence-electron chi connectivity index (χ0n) is 10.3. The van der Waals surface area contributed by atoms with Crippen molar-refractivity contribution >= 4 is 27.5 Å². The first-order valence-electron chi connectivity index (χ1n) is 5.68. The summed E-state index contributed by atoms with van der Waals surface area (Å²) in [5, 5.41) is 6.68. The minimum absolute atomic E-state index is 0.0147. The van der Waals surface area contributed by atoms with Crippen molar-refractivity contribution in [2.75, 3.05) is 11.5 Å². The van der Waals surface area contributed by atoms with Crippen LogP contribution in [0.5, 0.6) is 0 Å². The Hall–Kier alpha value is -1.54. The molecule has 0 atom stereocenters. The van der Waals surface area contributed by atoms with Gasteiger partial charge in [-0.3, -0.25) is 9.48 Å². The van der Waals surface area contributed by atoms with E-state index in [-0.39, 0.29) is 18.1 Å². The summed E-state index contributed by atoms with van der Waals surface area (Å²) in [6, 6.07) is 0. The first kappa shape index (κ1) is 13.9. The number of aryl methyl sites for hydroxylation is 1. The average molecular weight is 299 g/mol. The normalized spacial score (nSPS) is 11.6. The zero-order chi connectivity index (χ0) is 13.9. The second-order valence-electron chi connectivity index (χ2n) is 3.89. The summed E-state index contributed by atoms with van der Waals surface area (Å²) in [5.41, 5.74) is 0.919. The van der Waals surface area contributed by atoms with Gasteiger partial charge in [0.15, 0.2) is 16.1 Å². The first-order chi connectivity index (χ1) is 9.05. The molecule has 2 heterocycles. The number of nitrogens with zero attached hydrogens (tertiary/aromatic N) is 3. The van der Waals surface area contributed by atoms with Crippen LogP contribution < -0.4 is 0 Å². The van der Waals surface area contributed by atoms with Crippen molar-refractivity contribution in [3.63, 3.8) is 0 Å². The van der Waals surface area contributed by atoms with Gasteiger partial charge >= 0.3 is 0 Å². The first-order valence-corrected chi connectivity index (χ1v) is 8.38. The van der Waals surface area contributed by atoms with Crippen LogP contribution in [0.4, 0.5) is 0 Å². The zero-order valence-corrected chi connectivity index (χ0v) is 11.9. The molecule has 102 valence electrons. The second kappa shape index (κ2) is 5.62. The molecule has 0 saturated carbocycles. The van der Waals surface area contributed by atoms with Crippen LogP contribution in [0.3, 0.4) is 0 Å². The predicted octanol–water partition coefficient (Wildman–Crippen LogP) is 1.25. The molecule has 0 amide bonds. The fourth-order valence-electron chi connectivity index (χ4n) is 1.52. The van der Waals surface area contributed by atoms with Crippen molar-refractivity contribution in [3.05, 3.63) is 23.3 Å². The Morgan fingerprint density at radius 3 is 2.84 bits per heavy atom. The molecule has 0 aliphatic carbocycles. The molecule has 0 unspecified atom stereocenters. The molecule has 0 aromatic carbocycles. The number of rotatable bonds is 6. The standard InChI is InChI=1S/C11H13N3O3S2/c1-2-19(16,17)6-4-14-7-9(8-15)10(13-14)11-12-3-5-18-11/h3,5,7-8H,2,4,6H2,1H3. The molecule has 2 rings (SSSR count). The maximum Gasteiger partial charge on any atom is 0.153 e. The van der Waals surface area contributed by atoms with E-state index in [0.717, 1.165) is 0 Å². The summed E-state index contributed by atoms with van der Waals surface area (Å²) < 4.78 is 24.4. The fourth-order valence-corrected chi connectivity index (χ4v) is 2.92. The monoisotopic (exact) mass is 299 g/mol. The van der Waals surface area contributed by atoms with Crippen LogP contribution in [0.1, 0.15) is 17.3 Å². The second-order valence-corrected chi connectivity index (χ2v) is 7.25. The van der Waals surface area contributed by atoms with Crippen LogP contribution in [0.2, 0.25) is 0 Å². The van der Waals surface area contributed by atoms with E-state index in [1.54, 1.807) is 24.7 Å². The van der Waals surface area contributed by atoms with E-state index >= 15 is 0 Å². The molecule has 2 aromatic heterocycles. The number of sulfone groups is 1. The third kappa shape index (κ3) is 3.27. The van der Waals surface area contributed by atoms with Crippen LogP contribution >= 0.6 is 11.3 Å². The summed E-state index contributed by atoms with van der Waals surface area (Å²) in [6.07, 6.45) is 3.89. The van der Waals surface area contributed by atoms with Crippen LogP contribution in [0.15, 0.2) is 17.8 Å². The molecule has 0 aliphatic heterocycles. The van der Waals surface area contributed by atoms with Crippen molar-refractivity contribution < 1.29 is 13.2 Å². The molecule has 0 fully saturated rings. The molecule has 8 heteroatoms. The van der Waals surface area contributed by atoms with Gasteiger partial charge in [0.2, 0.25) is 0 Å². The number of hydrogen-bond acceptors (Lipinski definition) is 6. The van der Waals surface area contributed by atoms with E-state index < -0.39 is 9.84 Å². The maximum atomic E-state index is 11.4. The minimum atomic E-state index is -3.04. The largest absolute Gasteiger partial charge is 0.298 e. The summed E-state index contributed by atoms with van der Waals surface area (Å²) in [7, 11) is -3.04. The van der Waals surface area contributed by atoms with Gasteiger partial charge in [0.1, 0.15) is 10.7 Å². The lowest BCUT2D eigenvalue weighted by atomic mass is 10.3. The number of aldehydes is 1. The molecule has 2 aromatic rings. The molecule has 0 bridgehead atoms. The van der Waals surface area contributed by atoms with Gasteiger partial charge < -0.3 is 0 Å². The summed E-state index contributed by atoms with van der Waals surface area (Å²) in [6.45, 7) is 1.85. The van der Waals surface area contributed by atoms with Crippen LogP contribution in [0, 0.1) is 0 Å². The highest BCUT2D eigenvalue weighted by Crippen LogP contribution is 2.22. The van der Waals surface area contributed by atoms with E-state index in [4.69, 9.17) is 0 Å². The van der Waals surface area contributed by atoms with E-state index in [0.29, 0.717) is 22.6 Å². The van der Waals surface area contributed by atoms with E-state index in [1.807, 2.05) is 0 Å². The summed E-state index contributed by atoms with van der Waals surface area (Å²) in [4.78, 5) is 15.1. The van der Waals surface area contributed by atoms with Gasteiger partial charge in [0.25, 0.3) is 0 Å². The van der Waals surface area contributed by atoms with Crippen molar-refractivity contribution in [2.45, 2.75) is 13.5 Å². The number of aromatic nitrogens is 3. The molecular formula is C11H13N3O3S2. The van der Waals surface area contributed by atoms with Crippen molar-refractivity contribution in [2.24, 2.45) is 0 Å². The van der Waals surface area contributed by atoms with Gasteiger partial charge in [-0.25, -0.2) is 13.4 Å². The van der Waals surface area contributed by atoms with Crippen molar-refractivity contribution in [3.8, 4) is 10.7 Å². The van der Waals surface area contributed by atoms with Gasteiger partial charge in [0, 0.05) is 23.5 Å². The van der Waals surface area contributed by atoms with Crippen LogP contribution in [-0.2, 0) is 16.4 Å². The Kier molecular flexibility index (Phi) is 4.11. The van der Waals surface area contributed by atoms with Crippen LogP contribution in [0.25, 0.3) is 10.7 Å². The molecule has 6 nitrogen and oxygen atoms in total. The quantitative estimate of drug-likeness (QED) is 0.750. The SMILES string of the molecule is CCS(=O)(=O)CCn1cc(C=O)c(-c2nccs2)n1. The highest BCUT2D eigenvalue weighted by atomic mass is 32.2.